The average Bonchev–Trinajstić information content (AvgIpc) is 3.65. The van der Waals surface area contributed by atoms with Crippen molar-refractivity contribution >= 4 is 17.6 Å². The van der Waals surface area contributed by atoms with Gasteiger partial charge in [0.1, 0.15) is 11.5 Å². The molecule has 8 heteroatoms. The lowest BCUT2D eigenvalue weighted by Crippen LogP contribution is -2.30. The summed E-state index contributed by atoms with van der Waals surface area (Å²) >= 11 is 0. The number of phenols is 1. The monoisotopic (exact) mass is 496 g/mol. The molecule has 0 saturated heterocycles. The minimum atomic E-state index is -0.352. The average molecular weight is 497 g/mol. The van der Waals surface area contributed by atoms with Crippen molar-refractivity contribution in [2.45, 2.75) is 32.2 Å². The first-order valence-electron chi connectivity index (χ1n) is 12.1. The summed E-state index contributed by atoms with van der Waals surface area (Å²) in [5.41, 5.74) is 4.75. The zero-order valence-electron chi connectivity index (χ0n) is 20.7. The maximum absolute atomic E-state index is 13.0. The van der Waals surface area contributed by atoms with Crippen LogP contribution in [0.5, 0.6) is 11.5 Å². The molecule has 1 aromatic heterocycles. The normalized spacial score (nSPS) is 12.7. The molecule has 37 heavy (non-hydrogen) atoms. The van der Waals surface area contributed by atoms with Crippen LogP contribution < -0.4 is 15.4 Å². The van der Waals surface area contributed by atoms with E-state index in [4.69, 9.17) is 4.74 Å². The number of benzene rings is 3. The molecule has 4 aromatic rings. The third kappa shape index (κ3) is 5.33. The van der Waals surface area contributed by atoms with Crippen LogP contribution in [0, 0.1) is 6.92 Å². The van der Waals surface area contributed by atoms with Gasteiger partial charge in [0.15, 0.2) is 0 Å². The molecule has 8 nitrogen and oxygen atoms in total. The largest absolute Gasteiger partial charge is 0.507 e. The summed E-state index contributed by atoms with van der Waals surface area (Å²) < 4.78 is 6.66. The molecule has 2 amide bonds. The molecular formula is C29H28N4O4. The van der Waals surface area contributed by atoms with E-state index in [0.29, 0.717) is 34.8 Å². The molecular weight excluding hydrogens is 468 g/mol. The number of phenolic OH excluding ortho intramolecular Hbond substituents is 1. The van der Waals surface area contributed by atoms with Crippen molar-refractivity contribution in [2.75, 3.05) is 12.4 Å². The smallest absolute Gasteiger partial charge is 0.342 e. The SMILES string of the molecule is COc1ccccc1C(=O)Nc1ccc(-c2cc(C3CC3)n(C(=O)NCc3cccc(C)c3)n2)c(O)c1. The fourth-order valence-electron chi connectivity index (χ4n) is 4.29. The number of aromatic hydroxyl groups is 1. The van der Waals surface area contributed by atoms with Gasteiger partial charge in [-0.3, -0.25) is 4.79 Å². The quantitative estimate of drug-likeness (QED) is 0.315. The lowest BCUT2D eigenvalue weighted by molar-refractivity contribution is 0.102. The van der Waals surface area contributed by atoms with Crippen molar-refractivity contribution in [1.29, 1.82) is 0 Å². The van der Waals surface area contributed by atoms with E-state index in [2.05, 4.69) is 15.7 Å². The standard InChI is InChI=1S/C29H28N4O4/c1-18-6-5-7-19(14-18)17-30-29(36)33-25(20-10-11-20)16-24(32-33)22-13-12-21(15-26(22)34)31-28(35)23-8-3-4-9-27(23)37-2/h3-9,12-16,20,34H,10-11,17H2,1-2H3,(H,30,36)(H,31,35). The summed E-state index contributed by atoms with van der Waals surface area (Å²) in [5.74, 6) is 0.326. The highest BCUT2D eigenvalue weighted by molar-refractivity contribution is 6.06. The van der Waals surface area contributed by atoms with Gasteiger partial charge >= 0.3 is 6.03 Å². The summed E-state index contributed by atoms with van der Waals surface area (Å²) in [6, 6.07) is 21.3. The van der Waals surface area contributed by atoms with Gasteiger partial charge in [-0.15, -0.1) is 0 Å². The topological polar surface area (TPSA) is 105 Å². The second kappa shape index (κ2) is 10.2. The van der Waals surface area contributed by atoms with Crippen molar-refractivity contribution in [3.63, 3.8) is 0 Å². The molecule has 1 aliphatic rings. The third-order valence-electron chi connectivity index (χ3n) is 6.33. The number of nitrogens with one attached hydrogen (secondary N) is 2. The lowest BCUT2D eigenvalue weighted by atomic mass is 10.1. The Hall–Kier alpha value is -4.59. The van der Waals surface area contributed by atoms with E-state index in [1.165, 1.54) is 17.9 Å². The van der Waals surface area contributed by atoms with Gasteiger partial charge in [0.25, 0.3) is 5.91 Å². The summed E-state index contributed by atoms with van der Waals surface area (Å²) in [6.45, 7) is 2.41. The second-order valence-corrected chi connectivity index (χ2v) is 9.17. The molecule has 1 saturated carbocycles. The molecule has 188 valence electrons. The Bertz CT molecular complexity index is 1470. The van der Waals surface area contributed by atoms with Crippen LogP contribution in [0.2, 0.25) is 0 Å². The number of rotatable bonds is 7. The Morgan fingerprint density at radius 2 is 1.86 bits per heavy atom. The van der Waals surface area contributed by atoms with Gasteiger partial charge in [-0.25, -0.2) is 4.79 Å². The van der Waals surface area contributed by atoms with Crippen LogP contribution in [0.3, 0.4) is 0 Å². The molecule has 0 bridgehead atoms. The van der Waals surface area contributed by atoms with Gasteiger partial charge in [0.05, 0.1) is 24.1 Å². The second-order valence-electron chi connectivity index (χ2n) is 9.17. The summed E-state index contributed by atoms with van der Waals surface area (Å²) in [7, 11) is 1.50. The molecule has 5 rings (SSSR count). The van der Waals surface area contributed by atoms with E-state index in [0.717, 1.165) is 29.7 Å². The van der Waals surface area contributed by atoms with Gasteiger partial charge < -0.3 is 20.5 Å². The van der Waals surface area contributed by atoms with Crippen molar-refractivity contribution in [3.8, 4) is 22.8 Å². The maximum Gasteiger partial charge on any atom is 0.342 e. The van der Waals surface area contributed by atoms with Crippen molar-refractivity contribution < 1.29 is 19.4 Å². The van der Waals surface area contributed by atoms with Crippen LogP contribution in [-0.4, -0.2) is 33.9 Å². The first kappa shape index (κ1) is 24.1. The van der Waals surface area contributed by atoms with E-state index in [1.54, 1.807) is 36.4 Å². The minimum Gasteiger partial charge on any atom is -0.507 e. The number of anilines is 1. The van der Waals surface area contributed by atoms with Crippen LogP contribution >= 0.6 is 0 Å². The highest BCUT2D eigenvalue weighted by atomic mass is 16.5. The summed E-state index contributed by atoms with van der Waals surface area (Å²) in [6.07, 6.45) is 1.99. The maximum atomic E-state index is 13.0. The number of amides is 2. The Balaban J connectivity index is 1.35. The number of hydrogen-bond donors (Lipinski definition) is 3. The number of aryl methyl sites for hydroxylation is 1. The van der Waals surface area contributed by atoms with Crippen LogP contribution in [0.25, 0.3) is 11.3 Å². The third-order valence-corrected chi connectivity index (χ3v) is 6.33. The Kier molecular flexibility index (Phi) is 6.64. The predicted octanol–water partition coefficient (Wildman–Crippen LogP) is 5.46. The van der Waals surface area contributed by atoms with E-state index >= 15 is 0 Å². The first-order valence-corrected chi connectivity index (χ1v) is 12.1. The Labute approximate surface area is 214 Å². The Morgan fingerprint density at radius 1 is 1.05 bits per heavy atom. The summed E-state index contributed by atoms with van der Waals surface area (Å²) in [5, 5.41) is 21.0. The van der Waals surface area contributed by atoms with E-state index in [9.17, 15) is 14.7 Å². The summed E-state index contributed by atoms with van der Waals surface area (Å²) in [4.78, 5) is 25.7. The zero-order chi connectivity index (χ0) is 25.9. The number of hydrogen-bond acceptors (Lipinski definition) is 5. The predicted molar refractivity (Wildman–Crippen MR) is 141 cm³/mol. The molecule has 1 heterocycles. The number of aromatic nitrogens is 2. The molecule has 0 spiro atoms. The number of para-hydroxylation sites is 1. The van der Waals surface area contributed by atoms with E-state index < -0.39 is 0 Å². The molecule has 0 radical (unpaired) electrons. The zero-order valence-corrected chi connectivity index (χ0v) is 20.7. The van der Waals surface area contributed by atoms with Gasteiger partial charge in [-0.2, -0.15) is 9.78 Å². The number of carbonyl (C=O) groups is 2. The molecule has 1 fully saturated rings. The van der Waals surface area contributed by atoms with Crippen molar-refractivity contribution in [3.05, 3.63) is 95.2 Å². The van der Waals surface area contributed by atoms with Crippen LogP contribution in [0.4, 0.5) is 10.5 Å². The van der Waals surface area contributed by atoms with Gasteiger partial charge in [-0.1, -0.05) is 42.0 Å². The number of nitrogens with zero attached hydrogens (tertiary/aromatic N) is 2. The number of carbonyl (C=O) groups excluding carboxylic acids is 2. The first-order chi connectivity index (χ1) is 17.9. The fraction of sp³-hybridized carbons (Fsp3) is 0.207. The fourth-order valence-corrected chi connectivity index (χ4v) is 4.29. The molecule has 0 aliphatic heterocycles. The van der Waals surface area contributed by atoms with E-state index in [-0.39, 0.29) is 23.6 Å². The highest BCUT2D eigenvalue weighted by Crippen LogP contribution is 2.42. The molecule has 0 atom stereocenters. The van der Waals surface area contributed by atoms with Gasteiger partial charge in [0.2, 0.25) is 0 Å². The highest BCUT2D eigenvalue weighted by Gasteiger charge is 2.30. The number of ether oxygens (including phenoxy) is 1. The van der Waals surface area contributed by atoms with Gasteiger partial charge in [0, 0.05) is 29.8 Å². The van der Waals surface area contributed by atoms with Crippen molar-refractivity contribution in [1.82, 2.24) is 15.1 Å². The van der Waals surface area contributed by atoms with Crippen molar-refractivity contribution in [2.24, 2.45) is 0 Å². The molecule has 3 aromatic carbocycles. The minimum absolute atomic E-state index is 0.0509. The molecule has 0 unspecified atom stereocenters. The van der Waals surface area contributed by atoms with Crippen LogP contribution in [0.15, 0.2) is 72.8 Å². The van der Waals surface area contributed by atoms with Crippen LogP contribution in [-0.2, 0) is 6.54 Å². The van der Waals surface area contributed by atoms with E-state index in [1.807, 2.05) is 37.3 Å². The molecule has 3 N–H and O–H groups in total. The lowest BCUT2D eigenvalue weighted by Gasteiger charge is -2.10. The molecule has 1 aliphatic carbocycles. The Morgan fingerprint density at radius 3 is 2.59 bits per heavy atom. The number of methoxy groups -OCH3 is 1. The van der Waals surface area contributed by atoms with Gasteiger partial charge in [-0.05, 0) is 55.7 Å². The van der Waals surface area contributed by atoms with Crippen LogP contribution in [0.1, 0.15) is 45.9 Å².